The summed E-state index contributed by atoms with van der Waals surface area (Å²) in [6.07, 6.45) is 0. The van der Waals surface area contributed by atoms with Crippen molar-refractivity contribution in [3.8, 4) is 34.4 Å². The number of rotatable bonds is 3. The molecule has 2 aromatic heterocycles. The summed E-state index contributed by atoms with van der Waals surface area (Å²) in [5.74, 6) is 2.04. The second-order valence-electron chi connectivity index (χ2n) is 11.0. The molecule has 1 N–H and O–H groups in total. The molecule has 0 aliphatic heterocycles. The van der Waals surface area contributed by atoms with Gasteiger partial charge in [-0.15, -0.1) is 0 Å². The molecular weight excluding hydrogens is 440 g/mol. The van der Waals surface area contributed by atoms with Crippen LogP contribution in [0.15, 0.2) is 57.4 Å². The molecule has 0 spiro atoms. The van der Waals surface area contributed by atoms with E-state index in [0.717, 1.165) is 33.5 Å². The Balaban J connectivity index is 1.49. The maximum absolute atomic E-state index is 10.4. The zero-order valence-electron chi connectivity index (χ0n) is 21.2. The molecule has 5 aromatic rings. The van der Waals surface area contributed by atoms with E-state index in [-0.39, 0.29) is 16.6 Å². The quantitative estimate of drug-likeness (QED) is 0.292. The highest BCUT2D eigenvalue weighted by molar-refractivity contribution is 5.81. The first kappa shape index (κ1) is 23.0. The number of fused-ring (bicyclic) bond motifs is 2. The highest BCUT2D eigenvalue weighted by Gasteiger charge is 2.23. The van der Waals surface area contributed by atoms with Crippen molar-refractivity contribution in [1.82, 2.24) is 9.97 Å². The highest BCUT2D eigenvalue weighted by Crippen LogP contribution is 2.38. The van der Waals surface area contributed by atoms with E-state index in [4.69, 9.17) is 18.6 Å². The van der Waals surface area contributed by atoms with Crippen LogP contribution in [0, 0.1) is 0 Å². The van der Waals surface area contributed by atoms with Crippen molar-refractivity contribution in [2.75, 3.05) is 7.11 Å². The normalized spacial score (nSPS) is 12.5. The lowest BCUT2D eigenvalue weighted by atomic mass is 9.86. The lowest BCUT2D eigenvalue weighted by Gasteiger charge is -2.21. The van der Waals surface area contributed by atoms with Crippen molar-refractivity contribution in [2.45, 2.75) is 52.4 Å². The summed E-state index contributed by atoms with van der Waals surface area (Å²) in [6.45, 7) is 12.6. The monoisotopic (exact) mass is 470 g/mol. The van der Waals surface area contributed by atoms with Gasteiger partial charge >= 0.3 is 0 Å². The Hall–Kier alpha value is -3.80. The van der Waals surface area contributed by atoms with Crippen LogP contribution in [0.25, 0.3) is 45.1 Å². The van der Waals surface area contributed by atoms with Gasteiger partial charge in [-0.25, -0.2) is 9.97 Å². The van der Waals surface area contributed by atoms with Gasteiger partial charge in [0, 0.05) is 34.4 Å². The molecular formula is C29H30N2O4. The molecule has 0 atom stereocenters. The minimum atomic E-state index is -0.198. The topological polar surface area (TPSA) is 81.5 Å². The Kier molecular flexibility index (Phi) is 5.16. The van der Waals surface area contributed by atoms with Crippen molar-refractivity contribution in [1.29, 1.82) is 0 Å². The van der Waals surface area contributed by atoms with E-state index in [9.17, 15) is 5.11 Å². The minimum absolute atomic E-state index is 0.0791. The summed E-state index contributed by atoms with van der Waals surface area (Å²) in [5.41, 5.74) is 6.07. The summed E-state index contributed by atoms with van der Waals surface area (Å²) >= 11 is 0. The highest BCUT2D eigenvalue weighted by atomic mass is 16.5. The first-order chi connectivity index (χ1) is 16.4. The second-order valence-corrected chi connectivity index (χ2v) is 11.0. The van der Waals surface area contributed by atoms with E-state index in [1.54, 1.807) is 13.2 Å². The van der Waals surface area contributed by atoms with Gasteiger partial charge in [-0.05, 0) is 47.2 Å². The smallest absolute Gasteiger partial charge is 0.227 e. The summed E-state index contributed by atoms with van der Waals surface area (Å²) < 4.78 is 17.6. The molecule has 0 bridgehead atoms. The zero-order valence-corrected chi connectivity index (χ0v) is 21.2. The van der Waals surface area contributed by atoms with E-state index in [1.165, 1.54) is 0 Å². The zero-order chi connectivity index (χ0) is 25.1. The number of methoxy groups -OCH3 is 1. The molecule has 0 amide bonds. The van der Waals surface area contributed by atoms with Gasteiger partial charge in [-0.2, -0.15) is 0 Å². The molecule has 0 saturated heterocycles. The van der Waals surface area contributed by atoms with E-state index in [2.05, 4.69) is 46.5 Å². The summed E-state index contributed by atoms with van der Waals surface area (Å²) in [7, 11) is 1.67. The number of nitrogens with zero attached hydrogens (tertiary/aromatic N) is 2. The van der Waals surface area contributed by atoms with E-state index in [0.29, 0.717) is 28.5 Å². The van der Waals surface area contributed by atoms with Crippen molar-refractivity contribution in [2.24, 2.45) is 0 Å². The van der Waals surface area contributed by atoms with Crippen molar-refractivity contribution in [3.63, 3.8) is 0 Å². The van der Waals surface area contributed by atoms with Gasteiger partial charge in [-0.1, -0.05) is 41.5 Å². The predicted octanol–water partition coefficient (Wildman–Crippen LogP) is 7.61. The van der Waals surface area contributed by atoms with E-state index >= 15 is 0 Å². The van der Waals surface area contributed by atoms with Gasteiger partial charge in [0.05, 0.1) is 7.11 Å². The fraction of sp³-hybridized carbons (Fsp3) is 0.310. The number of oxazole rings is 2. The summed E-state index contributed by atoms with van der Waals surface area (Å²) in [6, 6.07) is 15.2. The lowest BCUT2D eigenvalue weighted by molar-refractivity contribution is 0.397. The van der Waals surface area contributed by atoms with Crippen LogP contribution >= 0.6 is 0 Å². The minimum Gasteiger partial charge on any atom is -0.508 e. The third-order valence-electron chi connectivity index (χ3n) is 6.21. The average Bonchev–Trinajstić information content (AvgIpc) is 3.39. The van der Waals surface area contributed by atoms with E-state index in [1.807, 2.05) is 42.5 Å². The van der Waals surface area contributed by atoms with Gasteiger partial charge in [0.15, 0.2) is 11.2 Å². The first-order valence-electron chi connectivity index (χ1n) is 11.7. The molecule has 0 fully saturated rings. The van der Waals surface area contributed by atoms with Crippen LogP contribution in [0.4, 0.5) is 0 Å². The summed E-state index contributed by atoms with van der Waals surface area (Å²) in [5, 5.41) is 10.4. The second kappa shape index (κ2) is 7.87. The molecule has 0 aliphatic rings. The standard InChI is InChI=1S/C29H30N2O4/c1-28(2,3)18-12-20-24(14-22(18)32)34-26(30-20)16-8-10-17(11-9-16)27-31-21-13-19(29(4,5)6)23(33-7)15-25(21)35-27/h8-15,32H,1-7H3. The fourth-order valence-corrected chi connectivity index (χ4v) is 4.28. The first-order valence-corrected chi connectivity index (χ1v) is 11.7. The number of hydrogen-bond donors (Lipinski definition) is 1. The SMILES string of the molecule is COc1cc2oc(-c3ccc(-c4nc5cc(C(C)(C)C)c(O)cc5o4)cc3)nc2cc1C(C)(C)C. The van der Waals surface area contributed by atoms with Crippen LogP contribution in [0.3, 0.4) is 0 Å². The molecule has 5 rings (SSSR count). The van der Waals surface area contributed by atoms with Crippen molar-refractivity contribution in [3.05, 3.63) is 59.7 Å². The van der Waals surface area contributed by atoms with Crippen LogP contribution in [-0.4, -0.2) is 22.2 Å². The van der Waals surface area contributed by atoms with Gasteiger partial charge in [0.1, 0.15) is 22.5 Å². The van der Waals surface area contributed by atoms with Gasteiger partial charge < -0.3 is 18.7 Å². The van der Waals surface area contributed by atoms with Crippen LogP contribution in [-0.2, 0) is 10.8 Å². The molecule has 2 heterocycles. The number of hydrogen-bond acceptors (Lipinski definition) is 6. The molecule has 180 valence electrons. The van der Waals surface area contributed by atoms with Gasteiger partial charge in [-0.3, -0.25) is 0 Å². The molecule has 0 aliphatic carbocycles. The fourth-order valence-electron chi connectivity index (χ4n) is 4.28. The Morgan fingerprint density at radius 1 is 0.686 bits per heavy atom. The van der Waals surface area contributed by atoms with Gasteiger partial charge in [0.2, 0.25) is 11.8 Å². The van der Waals surface area contributed by atoms with Crippen LogP contribution in [0.1, 0.15) is 52.7 Å². The largest absolute Gasteiger partial charge is 0.508 e. The third kappa shape index (κ3) is 4.14. The number of ether oxygens (including phenoxy) is 1. The van der Waals surface area contributed by atoms with E-state index < -0.39 is 0 Å². The molecule has 3 aromatic carbocycles. The predicted molar refractivity (Wildman–Crippen MR) is 138 cm³/mol. The maximum Gasteiger partial charge on any atom is 0.227 e. The molecule has 0 unspecified atom stereocenters. The number of aromatic hydroxyl groups is 1. The maximum atomic E-state index is 10.4. The summed E-state index contributed by atoms with van der Waals surface area (Å²) in [4.78, 5) is 9.38. The van der Waals surface area contributed by atoms with Gasteiger partial charge in [0.25, 0.3) is 0 Å². The lowest BCUT2D eigenvalue weighted by Crippen LogP contribution is -2.12. The number of phenolic OH excluding ortho intramolecular Hbond substituents is 1. The van der Waals surface area contributed by atoms with Crippen LogP contribution < -0.4 is 4.74 Å². The van der Waals surface area contributed by atoms with Crippen LogP contribution in [0.5, 0.6) is 11.5 Å². The number of phenols is 1. The Morgan fingerprint density at radius 3 is 1.60 bits per heavy atom. The number of aromatic nitrogens is 2. The average molecular weight is 471 g/mol. The molecule has 0 saturated carbocycles. The molecule has 35 heavy (non-hydrogen) atoms. The number of benzene rings is 3. The third-order valence-corrected chi connectivity index (χ3v) is 6.21. The van der Waals surface area contributed by atoms with Crippen molar-refractivity contribution < 1.29 is 18.7 Å². The Labute approximate surface area is 204 Å². The van der Waals surface area contributed by atoms with Crippen LogP contribution in [0.2, 0.25) is 0 Å². The molecule has 0 radical (unpaired) electrons. The molecule has 6 heteroatoms. The molecule has 6 nitrogen and oxygen atoms in total. The Bertz CT molecular complexity index is 1540. The van der Waals surface area contributed by atoms with Crippen molar-refractivity contribution >= 4 is 22.2 Å². The Morgan fingerprint density at radius 2 is 1.14 bits per heavy atom.